The van der Waals surface area contributed by atoms with Crippen molar-refractivity contribution in [2.45, 2.75) is 33.3 Å². The maximum atomic E-state index is 11.7. The molecule has 1 N–H and O–H groups in total. The van der Waals surface area contributed by atoms with Crippen LogP contribution in [0.4, 0.5) is 0 Å². The summed E-state index contributed by atoms with van der Waals surface area (Å²) in [5.74, 6) is 0.368. The van der Waals surface area contributed by atoms with E-state index >= 15 is 0 Å². The molecule has 0 aliphatic carbocycles. The first kappa shape index (κ1) is 14.6. The van der Waals surface area contributed by atoms with E-state index in [1.54, 1.807) is 18.3 Å². The largest absolute Gasteiger partial charge is 0.458 e. The van der Waals surface area contributed by atoms with Gasteiger partial charge in [0.25, 0.3) is 0 Å². The second-order valence-corrected chi connectivity index (χ2v) is 4.84. The standard InChI is InChI=1S/C14H22N2O2/c1-11(2)6-8-16-9-12(3)18-14(17)13-5-4-7-15-10-13/h4-5,7,10-12,16H,6,8-9H2,1-3H3. The minimum absolute atomic E-state index is 0.134. The summed E-state index contributed by atoms with van der Waals surface area (Å²) in [4.78, 5) is 15.6. The third-order valence-corrected chi connectivity index (χ3v) is 2.54. The number of nitrogens with one attached hydrogen (secondary N) is 1. The normalized spacial score (nSPS) is 12.4. The summed E-state index contributed by atoms with van der Waals surface area (Å²) in [6.45, 7) is 7.89. The van der Waals surface area contributed by atoms with Crippen molar-refractivity contribution in [1.29, 1.82) is 0 Å². The minimum atomic E-state index is -0.318. The molecule has 0 aliphatic heterocycles. The summed E-state index contributed by atoms with van der Waals surface area (Å²) >= 11 is 0. The molecule has 0 bridgehead atoms. The topological polar surface area (TPSA) is 51.2 Å². The Kier molecular flexibility index (Phi) is 6.36. The number of carbonyl (C=O) groups is 1. The van der Waals surface area contributed by atoms with Crippen LogP contribution in [0.25, 0.3) is 0 Å². The molecule has 0 saturated carbocycles. The molecule has 0 radical (unpaired) electrons. The number of aromatic nitrogens is 1. The number of hydrogen-bond donors (Lipinski definition) is 1. The molecule has 1 unspecified atom stereocenters. The van der Waals surface area contributed by atoms with E-state index < -0.39 is 0 Å². The zero-order chi connectivity index (χ0) is 13.4. The van der Waals surface area contributed by atoms with Gasteiger partial charge >= 0.3 is 5.97 Å². The van der Waals surface area contributed by atoms with Gasteiger partial charge in [0, 0.05) is 18.9 Å². The van der Waals surface area contributed by atoms with Crippen molar-refractivity contribution in [1.82, 2.24) is 10.3 Å². The van der Waals surface area contributed by atoms with Crippen molar-refractivity contribution < 1.29 is 9.53 Å². The zero-order valence-corrected chi connectivity index (χ0v) is 11.3. The first-order chi connectivity index (χ1) is 8.59. The van der Waals surface area contributed by atoms with Crippen LogP contribution in [0.5, 0.6) is 0 Å². The van der Waals surface area contributed by atoms with Gasteiger partial charge in [-0.25, -0.2) is 4.79 Å². The fourth-order valence-electron chi connectivity index (χ4n) is 1.47. The van der Waals surface area contributed by atoms with Gasteiger partial charge in [-0.2, -0.15) is 0 Å². The van der Waals surface area contributed by atoms with Crippen molar-refractivity contribution >= 4 is 5.97 Å². The highest BCUT2D eigenvalue weighted by molar-refractivity contribution is 5.89. The van der Waals surface area contributed by atoms with Crippen LogP contribution in [0.15, 0.2) is 24.5 Å². The summed E-state index contributed by atoms with van der Waals surface area (Å²) in [5, 5.41) is 3.28. The van der Waals surface area contributed by atoms with Crippen LogP contribution in [0.3, 0.4) is 0 Å². The van der Waals surface area contributed by atoms with Crippen LogP contribution in [-0.2, 0) is 4.74 Å². The summed E-state index contributed by atoms with van der Waals surface area (Å²) in [5.41, 5.74) is 0.492. The van der Waals surface area contributed by atoms with E-state index in [-0.39, 0.29) is 12.1 Å². The lowest BCUT2D eigenvalue weighted by Gasteiger charge is -2.14. The predicted molar refractivity (Wildman–Crippen MR) is 71.4 cm³/mol. The Labute approximate surface area is 109 Å². The number of pyridine rings is 1. The van der Waals surface area contributed by atoms with Gasteiger partial charge in [0.15, 0.2) is 0 Å². The lowest BCUT2D eigenvalue weighted by molar-refractivity contribution is 0.0341. The Morgan fingerprint density at radius 1 is 1.44 bits per heavy atom. The summed E-state index contributed by atoms with van der Waals surface area (Å²) < 4.78 is 5.30. The second-order valence-electron chi connectivity index (χ2n) is 4.84. The number of esters is 1. The number of carbonyl (C=O) groups excluding carboxylic acids is 1. The minimum Gasteiger partial charge on any atom is -0.458 e. The second kappa shape index (κ2) is 7.82. The molecular formula is C14H22N2O2. The number of rotatable bonds is 7. The van der Waals surface area contributed by atoms with Crippen LogP contribution >= 0.6 is 0 Å². The molecule has 0 amide bonds. The van der Waals surface area contributed by atoms with Crippen LogP contribution in [-0.4, -0.2) is 30.1 Å². The van der Waals surface area contributed by atoms with Crippen molar-refractivity contribution in [3.8, 4) is 0 Å². The number of hydrogen-bond acceptors (Lipinski definition) is 4. The third kappa shape index (κ3) is 5.77. The SMILES string of the molecule is CC(C)CCNCC(C)OC(=O)c1cccnc1. The molecule has 4 heteroatoms. The molecule has 0 aliphatic rings. The molecular weight excluding hydrogens is 228 g/mol. The van der Waals surface area contributed by atoms with Crippen molar-refractivity contribution in [2.24, 2.45) is 5.92 Å². The maximum absolute atomic E-state index is 11.7. The first-order valence-corrected chi connectivity index (χ1v) is 6.41. The van der Waals surface area contributed by atoms with Crippen LogP contribution in [0, 0.1) is 5.92 Å². The predicted octanol–water partition coefficient (Wildman–Crippen LogP) is 2.26. The Hall–Kier alpha value is -1.42. The average Bonchev–Trinajstić information content (AvgIpc) is 2.35. The lowest BCUT2D eigenvalue weighted by atomic mass is 10.1. The van der Waals surface area contributed by atoms with Gasteiger partial charge < -0.3 is 10.1 Å². The summed E-state index contributed by atoms with van der Waals surface area (Å²) in [6.07, 6.45) is 4.14. The van der Waals surface area contributed by atoms with Gasteiger partial charge in [-0.15, -0.1) is 0 Å². The molecule has 1 aromatic heterocycles. The fraction of sp³-hybridized carbons (Fsp3) is 0.571. The van der Waals surface area contributed by atoms with E-state index in [2.05, 4.69) is 24.1 Å². The third-order valence-electron chi connectivity index (χ3n) is 2.54. The van der Waals surface area contributed by atoms with Gasteiger partial charge in [0.2, 0.25) is 0 Å². The van der Waals surface area contributed by atoms with E-state index in [0.29, 0.717) is 18.0 Å². The van der Waals surface area contributed by atoms with E-state index in [0.717, 1.165) is 13.0 Å². The van der Waals surface area contributed by atoms with Crippen LogP contribution < -0.4 is 5.32 Å². The highest BCUT2D eigenvalue weighted by Crippen LogP contribution is 2.02. The van der Waals surface area contributed by atoms with Gasteiger partial charge in [-0.05, 0) is 37.9 Å². The van der Waals surface area contributed by atoms with Crippen molar-refractivity contribution in [2.75, 3.05) is 13.1 Å². The molecule has 100 valence electrons. The summed E-state index contributed by atoms with van der Waals surface area (Å²) in [6, 6.07) is 3.43. The molecule has 0 aromatic carbocycles. The molecule has 0 spiro atoms. The quantitative estimate of drug-likeness (QED) is 0.596. The Balaban J connectivity index is 2.24. The lowest BCUT2D eigenvalue weighted by Crippen LogP contribution is -2.30. The molecule has 0 fully saturated rings. The van der Waals surface area contributed by atoms with Crippen LogP contribution in [0.1, 0.15) is 37.6 Å². The molecule has 1 rings (SSSR count). The first-order valence-electron chi connectivity index (χ1n) is 6.41. The number of ether oxygens (including phenoxy) is 1. The van der Waals surface area contributed by atoms with E-state index in [1.165, 1.54) is 6.20 Å². The van der Waals surface area contributed by atoms with E-state index in [1.807, 2.05) is 6.92 Å². The molecule has 1 atom stereocenters. The van der Waals surface area contributed by atoms with Crippen molar-refractivity contribution in [3.63, 3.8) is 0 Å². The van der Waals surface area contributed by atoms with Gasteiger partial charge in [-0.1, -0.05) is 13.8 Å². The van der Waals surface area contributed by atoms with Gasteiger partial charge in [0.1, 0.15) is 6.10 Å². The zero-order valence-electron chi connectivity index (χ0n) is 11.3. The maximum Gasteiger partial charge on any atom is 0.340 e. The van der Waals surface area contributed by atoms with Gasteiger partial charge in [-0.3, -0.25) is 4.98 Å². The molecule has 1 aromatic rings. The van der Waals surface area contributed by atoms with E-state index in [9.17, 15) is 4.79 Å². The average molecular weight is 250 g/mol. The fourth-order valence-corrected chi connectivity index (χ4v) is 1.47. The highest BCUT2D eigenvalue weighted by atomic mass is 16.5. The highest BCUT2D eigenvalue weighted by Gasteiger charge is 2.11. The smallest absolute Gasteiger partial charge is 0.340 e. The summed E-state index contributed by atoms with van der Waals surface area (Å²) in [7, 11) is 0. The monoisotopic (exact) mass is 250 g/mol. The van der Waals surface area contributed by atoms with Gasteiger partial charge in [0.05, 0.1) is 5.56 Å². The molecule has 18 heavy (non-hydrogen) atoms. The molecule has 0 saturated heterocycles. The Morgan fingerprint density at radius 3 is 2.83 bits per heavy atom. The Morgan fingerprint density at radius 2 is 2.22 bits per heavy atom. The number of nitrogens with zero attached hydrogens (tertiary/aromatic N) is 1. The van der Waals surface area contributed by atoms with Crippen LogP contribution in [0.2, 0.25) is 0 Å². The Bertz CT molecular complexity index is 352. The van der Waals surface area contributed by atoms with E-state index in [4.69, 9.17) is 4.74 Å². The molecule has 4 nitrogen and oxygen atoms in total. The molecule has 1 heterocycles. The van der Waals surface area contributed by atoms with Crippen molar-refractivity contribution in [3.05, 3.63) is 30.1 Å².